The molecular formula is C33H34N2O10. The molecule has 12 heteroatoms. The van der Waals surface area contributed by atoms with Crippen molar-refractivity contribution in [2.75, 3.05) is 34.2 Å². The lowest BCUT2D eigenvalue weighted by Crippen LogP contribution is -2.45. The third kappa shape index (κ3) is 4.92. The second kappa shape index (κ2) is 11.3. The maximum atomic E-state index is 13.8. The fourth-order valence-corrected chi connectivity index (χ4v) is 7.59. The molecule has 1 saturated heterocycles. The van der Waals surface area contributed by atoms with Gasteiger partial charge in [0.1, 0.15) is 0 Å². The minimum absolute atomic E-state index is 0.0591. The first-order chi connectivity index (χ1) is 21.8. The van der Waals surface area contributed by atoms with Crippen molar-refractivity contribution < 1.29 is 48.0 Å². The average Bonchev–Trinajstić information content (AvgIpc) is 3.76. The van der Waals surface area contributed by atoms with Gasteiger partial charge >= 0.3 is 5.97 Å². The van der Waals surface area contributed by atoms with Crippen LogP contribution in [0.4, 0.5) is 0 Å². The van der Waals surface area contributed by atoms with Gasteiger partial charge in [-0.3, -0.25) is 24.1 Å². The zero-order chi connectivity index (χ0) is 31.4. The zero-order valence-corrected chi connectivity index (χ0v) is 24.9. The molecule has 4 atom stereocenters. The van der Waals surface area contributed by atoms with Crippen LogP contribution < -0.4 is 24.3 Å². The van der Waals surface area contributed by atoms with Gasteiger partial charge in [-0.2, -0.15) is 0 Å². The van der Waals surface area contributed by atoms with Crippen LogP contribution in [-0.2, 0) is 23.9 Å². The van der Waals surface area contributed by atoms with E-state index in [4.69, 9.17) is 23.7 Å². The SMILES string of the molecule is COc1cc([C@@H]2c3cc4c(cc3[C@@H](NC(=O)[C@H]3CC[C@H](CN5C(=O)C=CC5=O)CC3)[C@H]3COC(=O)[C@H]23)OCO4)cc(OC)c1O. The normalized spacial score (nSPS) is 28.0. The van der Waals surface area contributed by atoms with Gasteiger partial charge in [0.2, 0.25) is 18.4 Å². The summed E-state index contributed by atoms with van der Waals surface area (Å²) < 4.78 is 27.9. The average molecular weight is 619 g/mol. The van der Waals surface area contributed by atoms with Crippen LogP contribution in [0, 0.1) is 23.7 Å². The van der Waals surface area contributed by atoms with E-state index in [9.17, 15) is 24.3 Å². The molecule has 12 nitrogen and oxygen atoms in total. The van der Waals surface area contributed by atoms with Gasteiger partial charge in [-0.25, -0.2) is 0 Å². The van der Waals surface area contributed by atoms with Crippen LogP contribution in [0.1, 0.15) is 54.3 Å². The Kier molecular flexibility index (Phi) is 7.29. The standard InChI is InChI=1S/C33H34N2O10/c1-41-24-9-18(10-25(42-2)31(24)38)28-19-11-22-23(45-15-44-22)12-20(19)30(21-14-43-33(40)29(21)28)34-32(39)17-5-3-16(4-6-17)13-35-26(36)7-8-27(35)37/h7-12,16-17,21,28-30,38H,3-6,13-15H2,1-2H3,(H,34,39)/t16-,17-,21-,28+,29-,30+/m0/s1. The minimum atomic E-state index is -0.637. The number of ether oxygens (including phenoxy) is 5. The maximum Gasteiger partial charge on any atom is 0.310 e. The minimum Gasteiger partial charge on any atom is -0.502 e. The van der Waals surface area contributed by atoms with Crippen molar-refractivity contribution in [3.05, 3.63) is 53.1 Å². The molecule has 45 heavy (non-hydrogen) atoms. The van der Waals surface area contributed by atoms with E-state index in [-0.39, 0.29) is 72.1 Å². The molecular weight excluding hydrogens is 584 g/mol. The van der Waals surface area contributed by atoms with Gasteiger partial charge < -0.3 is 34.1 Å². The number of amides is 3. The summed E-state index contributed by atoms with van der Waals surface area (Å²) in [5, 5.41) is 13.9. The highest BCUT2D eigenvalue weighted by atomic mass is 16.7. The Morgan fingerprint density at radius 1 is 0.911 bits per heavy atom. The smallest absolute Gasteiger partial charge is 0.310 e. The molecule has 236 valence electrons. The fourth-order valence-electron chi connectivity index (χ4n) is 7.59. The number of nitrogens with zero attached hydrogens (tertiary/aromatic N) is 1. The van der Waals surface area contributed by atoms with E-state index >= 15 is 0 Å². The van der Waals surface area contributed by atoms with Crippen molar-refractivity contribution in [1.82, 2.24) is 10.2 Å². The van der Waals surface area contributed by atoms with Crippen LogP contribution in [-0.4, -0.2) is 67.9 Å². The molecule has 0 aromatic heterocycles. The summed E-state index contributed by atoms with van der Waals surface area (Å²) >= 11 is 0. The highest BCUT2D eigenvalue weighted by molar-refractivity contribution is 6.12. The number of imide groups is 1. The summed E-state index contributed by atoms with van der Waals surface area (Å²) in [6.07, 6.45) is 5.27. The number of esters is 1. The molecule has 3 aliphatic heterocycles. The number of phenolic OH excluding ortho intramolecular Hbond substituents is 1. The van der Waals surface area contributed by atoms with Crippen molar-refractivity contribution in [1.29, 1.82) is 0 Å². The highest BCUT2D eigenvalue weighted by Gasteiger charge is 2.53. The Bertz CT molecular complexity index is 1570. The quantitative estimate of drug-likeness (QED) is 0.350. The summed E-state index contributed by atoms with van der Waals surface area (Å²) in [6, 6.07) is 6.58. The van der Waals surface area contributed by atoms with Crippen molar-refractivity contribution in [2.24, 2.45) is 23.7 Å². The number of phenols is 1. The number of carbonyl (C=O) groups excluding carboxylic acids is 4. The van der Waals surface area contributed by atoms with Crippen molar-refractivity contribution in [2.45, 2.75) is 37.6 Å². The summed E-state index contributed by atoms with van der Waals surface area (Å²) in [7, 11) is 2.89. The number of rotatable bonds is 7. The number of nitrogens with one attached hydrogen (secondary N) is 1. The van der Waals surface area contributed by atoms with E-state index in [0.717, 1.165) is 24.0 Å². The highest BCUT2D eigenvalue weighted by Crippen LogP contribution is 2.55. The Hall–Kier alpha value is -4.74. The van der Waals surface area contributed by atoms with Crippen LogP contribution in [0.5, 0.6) is 28.7 Å². The van der Waals surface area contributed by atoms with Crippen LogP contribution in [0.2, 0.25) is 0 Å². The fraction of sp³-hybridized carbons (Fsp3) is 0.455. The first-order valence-electron chi connectivity index (χ1n) is 15.2. The molecule has 1 saturated carbocycles. The van der Waals surface area contributed by atoms with Crippen LogP contribution in [0.25, 0.3) is 0 Å². The van der Waals surface area contributed by atoms with Gasteiger partial charge in [0.15, 0.2) is 23.0 Å². The zero-order valence-electron chi connectivity index (χ0n) is 24.9. The number of aromatic hydroxyl groups is 1. The molecule has 3 heterocycles. The monoisotopic (exact) mass is 618 g/mol. The second-order valence-corrected chi connectivity index (χ2v) is 12.2. The number of methoxy groups -OCH3 is 2. The van der Waals surface area contributed by atoms with Crippen molar-refractivity contribution in [3.63, 3.8) is 0 Å². The molecule has 2 aromatic carbocycles. The lowest BCUT2D eigenvalue weighted by molar-refractivity contribution is -0.142. The van der Waals surface area contributed by atoms with E-state index in [1.54, 1.807) is 12.1 Å². The number of fused-ring (bicyclic) bond motifs is 3. The van der Waals surface area contributed by atoms with E-state index in [0.29, 0.717) is 36.4 Å². The van der Waals surface area contributed by atoms with Gasteiger partial charge in [-0.05, 0) is 72.6 Å². The number of benzene rings is 2. The molecule has 2 fully saturated rings. The van der Waals surface area contributed by atoms with E-state index < -0.39 is 17.9 Å². The molecule has 3 amide bonds. The van der Waals surface area contributed by atoms with Gasteiger partial charge in [-0.1, -0.05) is 0 Å². The third-order valence-electron chi connectivity index (χ3n) is 9.90. The first kappa shape index (κ1) is 29.0. The van der Waals surface area contributed by atoms with Crippen LogP contribution >= 0.6 is 0 Å². The number of cyclic esters (lactones) is 1. The summed E-state index contributed by atoms with van der Waals surface area (Å²) in [6.45, 7) is 0.549. The maximum absolute atomic E-state index is 13.8. The second-order valence-electron chi connectivity index (χ2n) is 12.2. The molecule has 0 bridgehead atoms. The largest absolute Gasteiger partial charge is 0.502 e. The lowest BCUT2D eigenvalue weighted by atomic mass is 9.65. The Morgan fingerprint density at radius 3 is 2.16 bits per heavy atom. The van der Waals surface area contributed by atoms with Gasteiger partial charge in [0.25, 0.3) is 11.8 Å². The van der Waals surface area contributed by atoms with E-state index in [2.05, 4.69) is 5.32 Å². The molecule has 7 rings (SSSR count). The van der Waals surface area contributed by atoms with Gasteiger partial charge in [-0.15, -0.1) is 0 Å². The summed E-state index contributed by atoms with van der Waals surface area (Å²) in [5.74, 6) is -1.34. The molecule has 5 aliphatic rings. The Morgan fingerprint density at radius 2 is 1.53 bits per heavy atom. The van der Waals surface area contributed by atoms with Gasteiger partial charge in [0.05, 0.1) is 32.8 Å². The van der Waals surface area contributed by atoms with Crippen LogP contribution in [0.3, 0.4) is 0 Å². The lowest BCUT2D eigenvalue weighted by Gasteiger charge is -2.40. The van der Waals surface area contributed by atoms with Crippen molar-refractivity contribution >= 4 is 23.7 Å². The predicted molar refractivity (Wildman–Crippen MR) is 156 cm³/mol. The number of hydrogen-bond acceptors (Lipinski definition) is 10. The molecule has 2 aliphatic carbocycles. The topological polar surface area (TPSA) is 150 Å². The van der Waals surface area contributed by atoms with E-state index in [1.807, 2.05) is 12.1 Å². The molecule has 0 unspecified atom stereocenters. The number of hydrogen-bond donors (Lipinski definition) is 2. The summed E-state index contributed by atoms with van der Waals surface area (Å²) in [4.78, 5) is 52.5. The Balaban J connectivity index is 1.18. The van der Waals surface area contributed by atoms with E-state index in [1.165, 1.54) is 31.3 Å². The van der Waals surface area contributed by atoms with Crippen molar-refractivity contribution in [3.8, 4) is 28.7 Å². The van der Waals surface area contributed by atoms with Gasteiger partial charge in [0, 0.05) is 36.5 Å². The Labute approximate surface area is 259 Å². The molecule has 2 aromatic rings. The molecule has 0 radical (unpaired) electrons. The third-order valence-corrected chi connectivity index (χ3v) is 9.90. The summed E-state index contributed by atoms with van der Waals surface area (Å²) in [5.41, 5.74) is 2.26. The molecule has 2 N–H and O–H groups in total. The molecule has 0 spiro atoms. The predicted octanol–water partition coefficient (Wildman–Crippen LogP) is 2.96. The first-order valence-corrected chi connectivity index (χ1v) is 15.2. The number of carbonyl (C=O) groups is 4. The van der Waals surface area contributed by atoms with Crippen LogP contribution in [0.15, 0.2) is 36.4 Å².